The molecule has 2 aliphatic rings. The third-order valence-corrected chi connectivity index (χ3v) is 5.29. The lowest BCUT2D eigenvalue weighted by atomic mass is 9.93. The van der Waals surface area contributed by atoms with Gasteiger partial charge in [0.25, 0.3) is 0 Å². The van der Waals surface area contributed by atoms with Crippen LogP contribution < -0.4 is 5.32 Å². The van der Waals surface area contributed by atoms with E-state index in [0.29, 0.717) is 24.5 Å². The van der Waals surface area contributed by atoms with Gasteiger partial charge in [-0.05, 0) is 12.5 Å². The van der Waals surface area contributed by atoms with Gasteiger partial charge in [0.1, 0.15) is 0 Å². The van der Waals surface area contributed by atoms with Crippen molar-refractivity contribution in [3.8, 4) is 0 Å². The van der Waals surface area contributed by atoms with Gasteiger partial charge in [0.15, 0.2) is 0 Å². The number of fused-ring (bicyclic) bond motifs is 1. The second kappa shape index (κ2) is 7.13. The van der Waals surface area contributed by atoms with E-state index in [1.54, 1.807) is 24.9 Å². The number of carbonyl (C=O) groups excluding carboxylic acids is 2. The molecule has 1 unspecified atom stereocenters. The monoisotopic (exact) mass is 344 g/mol. The van der Waals surface area contributed by atoms with Crippen LogP contribution in [-0.2, 0) is 14.3 Å². The molecule has 1 N–H and O–H groups in total. The zero-order valence-corrected chi connectivity index (χ0v) is 14.6. The van der Waals surface area contributed by atoms with E-state index in [2.05, 4.69) is 10.2 Å². The molecule has 2 aliphatic heterocycles. The maximum Gasteiger partial charge on any atom is 0.337 e. The molecule has 1 saturated heterocycles. The minimum Gasteiger partial charge on any atom is -0.463 e. The van der Waals surface area contributed by atoms with Crippen molar-refractivity contribution in [3.63, 3.8) is 0 Å². The molecule has 0 radical (unpaired) electrons. The molecule has 0 saturated carbocycles. The number of likely N-dealkylation sites (N-methyl/N-ethyl adjacent to an activating group) is 1. The van der Waals surface area contributed by atoms with Crippen LogP contribution in [-0.4, -0.2) is 42.7 Å². The highest BCUT2D eigenvalue weighted by Crippen LogP contribution is 2.48. The summed E-state index contributed by atoms with van der Waals surface area (Å²) < 4.78 is 5.29. The maximum absolute atomic E-state index is 12.5. The molecule has 5 nitrogen and oxygen atoms in total. The van der Waals surface area contributed by atoms with Crippen molar-refractivity contribution in [2.45, 2.75) is 12.8 Å². The van der Waals surface area contributed by atoms with Crippen molar-refractivity contribution in [1.82, 2.24) is 10.2 Å². The van der Waals surface area contributed by atoms with Crippen molar-refractivity contribution in [2.24, 2.45) is 0 Å². The molecule has 0 aliphatic carbocycles. The quantitative estimate of drug-likeness (QED) is 0.670. The first-order valence-corrected chi connectivity index (χ1v) is 8.93. The summed E-state index contributed by atoms with van der Waals surface area (Å²) in [5, 5.41) is 3.52. The number of nitrogens with zero attached hydrogens (tertiary/aromatic N) is 1. The van der Waals surface area contributed by atoms with Gasteiger partial charge in [-0.15, -0.1) is 11.8 Å². The van der Waals surface area contributed by atoms with Crippen LogP contribution in [0.15, 0.2) is 52.7 Å². The normalized spacial score (nSPS) is 21.2. The summed E-state index contributed by atoms with van der Waals surface area (Å²) in [6.07, 6.45) is 1.61. The van der Waals surface area contributed by atoms with Crippen molar-refractivity contribution < 1.29 is 14.3 Å². The smallest absolute Gasteiger partial charge is 0.337 e. The highest BCUT2D eigenvalue weighted by Gasteiger charge is 2.42. The Labute approximate surface area is 145 Å². The molecule has 0 bridgehead atoms. The molecule has 1 aromatic carbocycles. The van der Waals surface area contributed by atoms with Gasteiger partial charge in [0.05, 0.1) is 17.2 Å². The summed E-state index contributed by atoms with van der Waals surface area (Å²) in [7, 11) is 1.61. The van der Waals surface area contributed by atoms with E-state index >= 15 is 0 Å². The first-order chi connectivity index (χ1) is 11.7. The number of hydrogen-bond donors (Lipinski definition) is 1. The van der Waals surface area contributed by atoms with Gasteiger partial charge < -0.3 is 15.0 Å². The van der Waals surface area contributed by atoms with Crippen LogP contribution >= 0.6 is 11.8 Å². The molecule has 3 rings (SSSR count). The Morgan fingerprint density at radius 1 is 1.38 bits per heavy atom. The summed E-state index contributed by atoms with van der Waals surface area (Å²) in [6, 6.07) is 9.96. The van der Waals surface area contributed by atoms with Crippen molar-refractivity contribution in [1.29, 1.82) is 0 Å². The minimum atomic E-state index is -0.266. The predicted molar refractivity (Wildman–Crippen MR) is 94.2 cm³/mol. The first kappa shape index (κ1) is 16.6. The Hall–Kier alpha value is -2.21. The Morgan fingerprint density at radius 2 is 2.12 bits per heavy atom. The average Bonchev–Trinajstić information content (AvgIpc) is 3.15. The van der Waals surface area contributed by atoms with E-state index in [1.165, 1.54) is 0 Å². The van der Waals surface area contributed by atoms with Gasteiger partial charge in [-0.2, -0.15) is 0 Å². The van der Waals surface area contributed by atoms with Crippen LogP contribution in [0.1, 0.15) is 18.4 Å². The number of hydrogen-bond acceptors (Lipinski definition) is 5. The van der Waals surface area contributed by atoms with Gasteiger partial charge in [-0.1, -0.05) is 30.3 Å². The van der Waals surface area contributed by atoms with Gasteiger partial charge in [-0.25, -0.2) is 4.79 Å². The molecular weight excluding hydrogens is 324 g/mol. The van der Waals surface area contributed by atoms with Crippen molar-refractivity contribution >= 4 is 23.6 Å². The van der Waals surface area contributed by atoms with Crippen molar-refractivity contribution in [3.05, 3.63) is 58.3 Å². The molecule has 1 fully saturated rings. The fraction of sp³-hybridized carbons (Fsp3) is 0.333. The summed E-state index contributed by atoms with van der Waals surface area (Å²) >= 11 is 1.59. The van der Waals surface area contributed by atoms with Crippen LogP contribution in [0, 0.1) is 0 Å². The third-order valence-electron chi connectivity index (χ3n) is 4.13. The Kier molecular flexibility index (Phi) is 4.94. The molecule has 126 valence electrons. The summed E-state index contributed by atoms with van der Waals surface area (Å²) in [4.78, 5) is 26.3. The number of esters is 1. The first-order valence-electron chi connectivity index (χ1n) is 7.94. The van der Waals surface area contributed by atoms with E-state index in [9.17, 15) is 9.59 Å². The molecule has 0 aromatic heterocycles. The summed E-state index contributed by atoms with van der Waals surface area (Å²) in [6.45, 7) is 2.82. The molecule has 0 spiro atoms. The second-order valence-corrected chi connectivity index (χ2v) is 6.52. The molecule has 24 heavy (non-hydrogen) atoms. The predicted octanol–water partition coefficient (Wildman–Crippen LogP) is 2.24. The molecule has 1 atom stereocenters. The average molecular weight is 344 g/mol. The van der Waals surface area contributed by atoms with Gasteiger partial charge in [0, 0.05) is 37.0 Å². The highest BCUT2D eigenvalue weighted by atomic mass is 32.2. The van der Waals surface area contributed by atoms with Gasteiger partial charge >= 0.3 is 5.97 Å². The molecule has 1 aromatic rings. The van der Waals surface area contributed by atoms with Crippen LogP contribution in [0.3, 0.4) is 0 Å². The zero-order valence-electron chi connectivity index (χ0n) is 13.7. The number of rotatable bonds is 4. The fourth-order valence-corrected chi connectivity index (χ4v) is 4.27. The molecule has 1 amide bonds. The molecule has 6 heteroatoms. The van der Waals surface area contributed by atoms with Crippen molar-refractivity contribution in [2.75, 3.05) is 26.0 Å². The van der Waals surface area contributed by atoms with Crippen LogP contribution in [0.25, 0.3) is 0 Å². The van der Waals surface area contributed by atoms with E-state index in [-0.39, 0.29) is 17.8 Å². The Morgan fingerprint density at radius 3 is 2.79 bits per heavy atom. The number of amides is 1. The Balaban J connectivity index is 1.99. The van der Waals surface area contributed by atoms with E-state index in [0.717, 1.165) is 16.3 Å². The second-order valence-electron chi connectivity index (χ2n) is 5.55. The Bertz CT molecular complexity index is 712. The van der Waals surface area contributed by atoms with Gasteiger partial charge in [-0.3, -0.25) is 4.79 Å². The van der Waals surface area contributed by atoms with E-state index < -0.39 is 0 Å². The number of nitrogens with one attached hydrogen (secondary N) is 1. The lowest BCUT2D eigenvalue weighted by molar-refractivity contribution is -0.138. The number of carbonyl (C=O) groups is 2. The van der Waals surface area contributed by atoms with Gasteiger partial charge in [0.2, 0.25) is 5.91 Å². The van der Waals surface area contributed by atoms with Crippen LogP contribution in [0.5, 0.6) is 0 Å². The van der Waals surface area contributed by atoms with E-state index in [1.807, 2.05) is 37.3 Å². The number of thioether (sulfide) groups is 1. The van der Waals surface area contributed by atoms with Crippen LogP contribution in [0.4, 0.5) is 0 Å². The molecule has 2 heterocycles. The topological polar surface area (TPSA) is 58.6 Å². The third kappa shape index (κ3) is 3.06. The zero-order chi connectivity index (χ0) is 17.1. The van der Waals surface area contributed by atoms with E-state index in [4.69, 9.17) is 4.74 Å². The standard InChI is InChI=1S/C18H20N2O3S/c1-3-23-18(22)16-14(12-7-5-4-6-8-12)10-20-13(9-15(21)19-2)11-24-17(16)20/h4-9,14H,3,10-11H2,1-2H3,(H,19,21). The largest absolute Gasteiger partial charge is 0.463 e. The molecular formula is C18H20N2O3S. The highest BCUT2D eigenvalue weighted by molar-refractivity contribution is 8.03. The lowest BCUT2D eigenvalue weighted by Gasteiger charge is -2.18. The number of benzene rings is 1. The summed E-state index contributed by atoms with van der Waals surface area (Å²) in [5.41, 5.74) is 2.71. The number of ether oxygens (including phenoxy) is 1. The maximum atomic E-state index is 12.5. The van der Waals surface area contributed by atoms with Crippen LogP contribution in [0.2, 0.25) is 0 Å². The SMILES string of the molecule is CCOC(=O)C1=C2SCC(=CC(=O)NC)N2CC1c1ccccc1. The minimum absolute atomic E-state index is 0.0406. The fourth-order valence-electron chi connectivity index (χ4n) is 3.01. The summed E-state index contributed by atoms with van der Waals surface area (Å²) in [5.74, 6) is 0.249. The lowest BCUT2D eigenvalue weighted by Crippen LogP contribution is -2.21.